The molecule has 1 saturated heterocycles. The van der Waals surface area contributed by atoms with E-state index >= 15 is 0 Å². The third-order valence-corrected chi connectivity index (χ3v) is 3.93. The van der Waals surface area contributed by atoms with Gasteiger partial charge in [-0.3, -0.25) is 9.59 Å². The molecular weight excluding hydrogens is 254 g/mol. The van der Waals surface area contributed by atoms with Gasteiger partial charge in [0.2, 0.25) is 11.8 Å². The van der Waals surface area contributed by atoms with E-state index in [0.717, 1.165) is 13.0 Å². The smallest absolute Gasteiger partial charge is 0.242 e. The van der Waals surface area contributed by atoms with Crippen molar-refractivity contribution in [3.05, 3.63) is 35.9 Å². The van der Waals surface area contributed by atoms with Gasteiger partial charge in [0.05, 0.1) is 13.1 Å². The molecule has 1 fully saturated rings. The molecule has 5 heteroatoms. The molecule has 2 amide bonds. The third kappa shape index (κ3) is 3.17. The molecule has 1 aromatic carbocycles. The van der Waals surface area contributed by atoms with Gasteiger partial charge in [0, 0.05) is 18.5 Å². The highest BCUT2D eigenvalue weighted by atomic mass is 16.2. The van der Waals surface area contributed by atoms with E-state index in [9.17, 15) is 9.59 Å². The lowest BCUT2D eigenvalue weighted by Crippen LogP contribution is -2.43. The van der Waals surface area contributed by atoms with Crippen LogP contribution in [-0.4, -0.2) is 42.4 Å². The molecule has 5 nitrogen and oxygen atoms in total. The van der Waals surface area contributed by atoms with Crippen LogP contribution in [-0.2, 0) is 9.59 Å². The molecule has 0 radical (unpaired) electrons. The number of carbonyl (C=O) groups is 2. The zero-order valence-corrected chi connectivity index (χ0v) is 11.7. The van der Waals surface area contributed by atoms with Crippen molar-refractivity contribution < 1.29 is 9.59 Å². The summed E-state index contributed by atoms with van der Waals surface area (Å²) in [4.78, 5) is 25.1. The van der Waals surface area contributed by atoms with Crippen molar-refractivity contribution in [2.24, 2.45) is 5.73 Å². The second-order valence-electron chi connectivity index (χ2n) is 5.11. The van der Waals surface area contributed by atoms with Crippen molar-refractivity contribution in [2.75, 3.05) is 19.6 Å². The molecule has 2 atom stereocenters. The van der Waals surface area contributed by atoms with E-state index in [1.54, 1.807) is 0 Å². The largest absolute Gasteiger partial charge is 0.346 e. The lowest BCUT2D eigenvalue weighted by atomic mass is 9.93. The Morgan fingerprint density at radius 1 is 1.35 bits per heavy atom. The first kappa shape index (κ1) is 14.5. The Balaban J connectivity index is 1.95. The Labute approximate surface area is 119 Å². The molecule has 0 spiro atoms. The van der Waals surface area contributed by atoms with Gasteiger partial charge in [0.15, 0.2) is 0 Å². The third-order valence-electron chi connectivity index (χ3n) is 3.93. The van der Waals surface area contributed by atoms with Crippen LogP contribution in [0.3, 0.4) is 0 Å². The van der Waals surface area contributed by atoms with E-state index in [0.29, 0.717) is 5.92 Å². The van der Waals surface area contributed by atoms with E-state index < -0.39 is 0 Å². The van der Waals surface area contributed by atoms with Gasteiger partial charge in [-0.25, -0.2) is 0 Å². The SMILES string of the molecule is CC1C(c2ccccc2)CCN1C(=O)CNC(=O)CN. The van der Waals surface area contributed by atoms with Crippen molar-refractivity contribution in [1.82, 2.24) is 10.2 Å². The number of nitrogens with one attached hydrogen (secondary N) is 1. The maximum Gasteiger partial charge on any atom is 0.242 e. The van der Waals surface area contributed by atoms with Crippen LogP contribution in [0.25, 0.3) is 0 Å². The Hall–Kier alpha value is -1.88. The average Bonchev–Trinajstić information content (AvgIpc) is 2.87. The summed E-state index contributed by atoms with van der Waals surface area (Å²) in [6.45, 7) is 2.74. The summed E-state index contributed by atoms with van der Waals surface area (Å²) >= 11 is 0. The Morgan fingerprint density at radius 2 is 2.05 bits per heavy atom. The molecule has 0 bridgehead atoms. The van der Waals surface area contributed by atoms with Gasteiger partial charge < -0.3 is 16.0 Å². The summed E-state index contributed by atoms with van der Waals surface area (Å²) < 4.78 is 0. The molecule has 3 N–H and O–H groups in total. The Bertz CT molecular complexity index is 475. The van der Waals surface area contributed by atoms with Gasteiger partial charge >= 0.3 is 0 Å². The van der Waals surface area contributed by atoms with E-state index in [-0.39, 0.29) is 30.9 Å². The van der Waals surface area contributed by atoms with Crippen molar-refractivity contribution in [3.8, 4) is 0 Å². The fourth-order valence-corrected chi connectivity index (χ4v) is 2.79. The predicted octanol–water partition coefficient (Wildman–Crippen LogP) is 0.466. The summed E-state index contributed by atoms with van der Waals surface area (Å²) in [5.41, 5.74) is 6.47. The molecule has 0 aliphatic carbocycles. The predicted molar refractivity (Wildman–Crippen MR) is 77.0 cm³/mol. The maximum absolute atomic E-state index is 12.1. The lowest BCUT2D eigenvalue weighted by molar-refractivity contribution is -0.133. The molecule has 20 heavy (non-hydrogen) atoms. The van der Waals surface area contributed by atoms with Crippen LogP contribution < -0.4 is 11.1 Å². The first-order valence-corrected chi connectivity index (χ1v) is 6.94. The zero-order chi connectivity index (χ0) is 14.5. The molecule has 1 aliphatic rings. The Morgan fingerprint density at radius 3 is 2.70 bits per heavy atom. The van der Waals surface area contributed by atoms with Crippen LogP contribution in [0.1, 0.15) is 24.8 Å². The number of hydrogen-bond donors (Lipinski definition) is 2. The quantitative estimate of drug-likeness (QED) is 0.838. The van der Waals surface area contributed by atoms with Crippen LogP contribution >= 0.6 is 0 Å². The fourth-order valence-electron chi connectivity index (χ4n) is 2.79. The lowest BCUT2D eigenvalue weighted by Gasteiger charge is -2.25. The van der Waals surface area contributed by atoms with E-state index in [4.69, 9.17) is 5.73 Å². The standard InChI is InChI=1S/C15H21N3O2/c1-11-13(12-5-3-2-4-6-12)7-8-18(11)15(20)10-17-14(19)9-16/h2-6,11,13H,7-10,16H2,1H3,(H,17,19). The molecule has 1 aromatic rings. The van der Waals surface area contributed by atoms with E-state index in [1.807, 2.05) is 23.1 Å². The van der Waals surface area contributed by atoms with Gasteiger partial charge in [0.25, 0.3) is 0 Å². The minimum absolute atomic E-state index is 0.0296. The second-order valence-corrected chi connectivity index (χ2v) is 5.11. The molecule has 108 valence electrons. The first-order chi connectivity index (χ1) is 9.63. The maximum atomic E-state index is 12.1. The van der Waals surface area contributed by atoms with Gasteiger partial charge in [0.1, 0.15) is 0 Å². The molecule has 0 saturated carbocycles. The first-order valence-electron chi connectivity index (χ1n) is 6.94. The van der Waals surface area contributed by atoms with Crippen LogP contribution in [0.2, 0.25) is 0 Å². The van der Waals surface area contributed by atoms with Gasteiger partial charge in [-0.05, 0) is 18.9 Å². The molecule has 2 rings (SSSR count). The number of likely N-dealkylation sites (tertiary alicyclic amines) is 1. The summed E-state index contributed by atoms with van der Waals surface area (Å²) in [6.07, 6.45) is 0.960. The molecule has 1 aliphatic heterocycles. The van der Waals surface area contributed by atoms with Crippen molar-refractivity contribution >= 4 is 11.8 Å². The van der Waals surface area contributed by atoms with Crippen LogP contribution in [0.5, 0.6) is 0 Å². The summed E-state index contributed by atoms with van der Waals surface area (Å²) in [5.74, 6) is 0.0212. The zero-order valence-electron chi connectivity index (χ0n) is 11.7. The van der Waals surface area contributed by atoms with Gasteiger partial charge in [-0.2, -0.15) is 0 Å². The number of rotatable bonds is 4. The minimum atomic E-state index is -0.301. The topological polar surface area (TPSA) is 75.4 Å². The number of hydrogen-bond acceptors (Lipinski definition) is 3. The normalized spacial score (nSPS) is 21.8. The van der Waals surface area contributed by atoms with Crippen LogP contribution in [0, 0.1) is 0 Å². The number of nitrogens with two attached hydrogens (primary N) is 1. The average molecular weight is 275 g/mol. The monoisotopic (exact) mass is 275 g/mol. The number of carbonyl (C=O) groups excluding carboxylic acids is 2. The highest BCUT2D eigenvalue weighted by Crippen LogP contribution is 2.32. The molecule has 1 heterocycles. The van der Waals surface area contributed by atoms with Crippen molar-refractivity contribution in [1.29, 1.82) is 0 Å². The molecule has 2 unspecified atom stereocenters. The summed E-state index contributed by atoms with van der Waals surface area (Å²) in [6, 6.07) is 10.4. The fraction of sp³-hybridized carbons (Fsp3) is 0.467. The van der Waals surface area contributed by atoms with Gasteiger partial charge in [-0.15, -0.1) is 0 Å². The Kier molecular flexibility index (Phi) is 4.74. The van der Waals surface area contributed by atoms with Crippen LogP contribution in [0.15, 0.2) is 30.3 Å². The van der Waals surface area contributed by atoms with Crippen molar-refractivity contribution in [2.45, 2.75) is 25.3 Å². The van der Waals surface area contributed by atoms with Crippen LogP contribution in [0.4, 0.5) is 0 Å². The highest BCUT2D eigenvalue weighted by molar-refractivity contribution is 5.85. The minimum Gasteiger partial charge on any atom is -0.346 e. The number of nitrogens with zero attached hydrogens (tertiary/aromatic N) is 1. The number of amides is 2. The molecule has 0 aromatic heterocycles. The summed E-state index contributed by atoms with van der Waals surface area (Å²) in [5, 5.41) is 2.53. The second kappa shape index (κ2) is 6.52. The van der Waals surface area contributed by atoms with E-state index in [2.05, 4.69) is 24.4 Å². The van der Waals surface area contributed by atoms with E-state index in [1.165, 1.54) is 5.56 Å². The molecular formula is C15H21N3O2. The van der Waals surface area contributed by atoms with Crippen molar-refractivity contribution in [3.63, 3.8) is 0 Å². The summed E-state index contributed by atoms with van der Waals surface area (Å²) in [7, 11) is 0. The number of benzene rings is 1. The highest BCUT2D eigenvalue weighted by Gasteiger charge is 2.34. The van der Waals surface area contributed by atoms with Gasteiger partial charge in [-0.1, -0.05) is 30.3 Å².